The van der Waals surface area contributed by atoms with Crippen molar-refractivity contribution in [2.75, 3.05) is 0 Å². The molecule has 4 aromatic rings. The first kappa shape index (κ1) is 9.39. The van der Waals surface area contributed by atoms with Gasteiger partial charge in [-0.3, -0.25) is 4.57 Å². The van der Waals surface area contributed by atoms with Gasteiger partial charge >= 0.3 is 0 Å². The zero-order valence-electron chi connectivity index (χ0n) is 8.83. The van der Waals surface area contributed by atoms with E-state index in [1.165, 1.54) is 20.6 Å². The van der Waals surface area contributed by atoms with Crippen LogP contribution in [-0.2, 0) is 0 Å². The first-order valence-corrected chi connectivity index (χ1v) is 7.06. The minimum Gasteiger partial charge on any atom is -0.297 e. The van der Waals surface area contributed by atoms with Crippen LogP contribution in [0.2, 0.25) is 0 Å². The van der Waals surface area contributed by atoms with Crippen molar-refractivity contribution in [3.8, 4) is 5.69 Å². The van der Waals surface area contributed by atoms with E-state index in [4.69, 9.17) is 0 Å². The number of para-hydroxylation sites is 2. The standard InChI is InChI=1S/C13H8N2S2/c1-2-4-10-9(3-1)14-8-15(10)11-7-17-12-5-6-16-13(11)12/h1-8H. The second-order valence-corrected chi connectivity index (χ2v) is 5.67. The van der Waals surface area contributed by atoms with Crippen LogP contribution in [0.5, 0.6) is 0 Å². The van der Waals surface area contributed by atoms with Crippen molar-refractivity contribution in [3.63, 3.8) is 0 Å². The lowest BCUT2D eigenvalue weighted by Crippen LogP contribution is -1.88. The van der Waals surface area contributed by atoms with Gasteiger partial charge in [-0.05, 0) is 23.6 Å². The lowest BCUT2D eigenvalue weighted by Gasteiger charge is -2.00. The molecule has 0 unspecified atom stereocenters. The molecule has 0 aliphatic carbocycles. The van der Waals surface area contributed by atoms with Crippen LogP contribution >= 0.6 is 22.7 Å². The van der Waals surface area contributed by atoms with E-state index < -0.39 is 0 Å². The number of aromatic nitrogens is 2. The molecule has 0 atom stereocenters. The summed E-state index contributed by atoms with van der Waals surface area (Å²) in [6, 6.07) is 10.4. The van der Waals surface area contributed by atoms with Gasteiger partial charge in [-0.1, -0.05) is 12.1 Å². The molecule has 0 N–H and O–H groups in total. The third kappa shape index (κ3) is 1.28. The molecule has 0 spiro atoms. The maximum absolute atomic E-state index is 4.44. The molecule has 0 aliphatic heterocycles. The highest BCUT2D eigenvalue weighted by atomic mass is 32.1. The van der Waals surface area contributed by atoms with Crippen molar-refractivity contribution < 1.29 is 0 Å². The Morgan fingerprint density at radius 1 is 1.06 bits per heavy atom. The van der Waals surface area contributed by atoms with Gasteiger partial charge in [0, 0.05) is 10.1 Å². The predicted octanol–water partition coefficient (Wildman–Crippen LogP) is 4.30. The molecule has 0 saturated heterocycles. The fourth-order valence-electron chi connectivity index (χ4n) is 2.07. The van der Waals surface area contributed by atoms with Gasteiger partial charge in [-0.2, -0.15) is 0 Å². The summed E-state index contributed by atoms with van der Waals surface area (Å²) in [5.41, 5.74) is 3.46. The van der Waals surface area contributed by atoms with Crippen molar-refractivity contribution >= 4 is 43.1 Å². The van der Waals surface area contributed by atoms with Gasteiger partial charge < -0.3 is 0 Å². The molecular formula is C13H8N2S2. The second kappa shape index (κ2) is 3.42. The summed E-state index contributed by atoms with van der Waals surface area (Å²) in [5.74, 6) is 0. The molecule has 0 radical (unpaired) electrons. The summed E-state index contributed by atoms with van der Waals surface area (Å²) in [4.78, 5) is 4.44. The summed E-state index contributed by atoms with van der Waals surface area (Å²) in [6.45, 7) is 0. The van der Waals surface area contributed by atoms with Crippen LogP contribution in [-0.4, -0.2) is 9.55 Å². The van der Waals surface area contributed by atoms with Crippen LogP contribution in [0, 0.1) is 0 Å². The summed E-state index contributed by atoms with van der Waals surface area (Å²) in [7, 11) is 0. The summed E-state index contributed by atoms with van der Waals surface area (Å²) >= 11 is 3.58. The maximum Gasteiger partial charge on any atom is 0.100 e. The lowest BCUT2D eigenvalue weighted by atomic mass is 10.3. The van der Waals surface area contributed by atoms with Crippen LogP contribution in [0.4, 0.5) is 0 Å². The van der Waals surface area contributed by atoms with Gasteiger partial charge in [-0.15, -0.1) is 22.7 Å². The molecule has 0 bridgehead atoms. The van der Waals surface area contributed by atoms with E-state index in [0.29, 0.717) is 0 Å². The molecule has 3 aromatic heterocycles. The monoisotopic (exact) mass is 256 g/mol. The van der Waals surface area contributed by atoms with Crippen molar-refractivity contribution in [2.45, 2.75) is 0 Å². The molecule has 2 nitrogen and oxygen atoms in total. The minimum absolute atomic E-state index is 1.04. The number of hydrogen-bond donors (Lipinski definition) is 0. The van der Waals surface area contributed by atoms with E-state index in [1.807, 2.05) is 18.5 Å². The quantitative estimate of drug-likeness (QED) is 0.496. The smallest absolute Gasteiger partial charge is 0.100 e. The van der Waals surface area contributed by atoms with Crippen LogP contribution in [0.15, 0.2) is 47.4 Å². The van der Waals surface area contributed by atoms with Crippen LogP contribution in [0.25, 0.3) is 26.1 Å². The highest BCUT2D eigenvalue weighted by Gasteiger charge is 2.09. The molecule has 0 saturated carbocycles. The highest BCUT2D eigenvalue weighted by Crippen LogP contribution is 2.34. The molecule has 3 heterocycles. The number of thiophene rings is 2. The number of imidazole rings is 1. The second-order valence-electron chi connectivity index (χ2n) is 3.84. The van der Waals surface area contributed by atoms with E-state index in [1.54, 1.807) is 22.7 Å². The van der Waals surface area contributed by atoms with Crippen molar-refractivity contribution in [1.29, 1.82) is 0 Å². The molecule has 0 aliphatic rings. The van der Waals surface area contributed by atoms with Crippen molar-refractivity contribution in [2.24, 2.45) is 0 Å². The molecule has 17 heavy (non-hydrogen) atoms. The zero-order chi connectivity index (χ0) is 11.2. The highest BCUT2D eigenvalue weighted by molar-refractivity contribution is 7.26. The fourth-order valence-corrected chi connectivity index (χ4v) is 4.15. The largest absolute Gasteiger partial charge is 0.297 e. The SMILES string of the molecule is c1ccc2c(c1)ncn2-c1csc2ccsc12. The molecule has 4 heteroatoms. The van der Waals surface area contributed by atoms with Gasteiger partial charge in [0.25, 0.3) is 0 Å². The topological polar surface area (TPSA) is 17.8 Å². The average molecular weight is 256 g/mol. The fraction of sp³-hybridized carbons (Fsp3) is 0. The lowest BCUT2D eigenvalue weighted by molar-refractivity contribution is 1.11. The Bertz CT molecular complexity index is 807. The number of hydrogen-bond acceptors (Lipinski definition) is 3. The van der Waals surface area contributed by atoms with Gasteiger partial charge in [0.1, 0.15) is 6.33 Å². The first-order chi connectivity index (χ1) is 8.43. The number of rotatable bonds is 1. The molecule has 0 fully saturated rings. The van der Waals surface area contributed by atoms with Crippen LogP contribution in [0.3, 0.4) is 0 Å². The predicted molar refractivity (Wildman–Crippen MR) is 74.3 cm³/mol. The zero-order valence-corrected chi connectivity index (χ0v) is 10.5. The average Bonchev–Trinajstić information content (AvgIpc) is 3.02. The summed E-state index contributed by atoms with van der Waals surface area (Å²) in [5, 5.41) is 4.35. The first-order valence-electron chi connectivity index (χ1n) is 5.30. The van der Waals surface area contributed by atoms with E-state index in [-0.39, 0.29) is 0 Å². The Kier molecular flexibility index (Phi) is 1.89. The van der Waals surface area contributed by atoms with E-state index in [0.717, 1.165) is 5.52 Å². The van der Waals surface area contributed by atoms with E-state index in [2.05, 4.69) is 38.5 Å². The van der Waals surface area contributed by atoms with Crippen LogP contribution in [0.1, 0.15) is 0 Å². The molecule has 0 amide bonds. The molecule has 1 aromatic carbocycles. The van der Waals surface area contributed by atoms with Crippen molar-refractivity contribution in [3.05, 3.63) is 47.4 Å². The normalized spacial score (nSPS) is 11.5. The maximum atomic E-state index is 4.44. The van der Waals surface area contributed by atoms with Crippen molar-refractivity contribution in [1.82, 2.24) is 9.55 Å². The minimum atomic E-state index is 1.04. The number of fused-ring (bicyclic) bond motifs is 2. The summed E-state index contributed by atoms with van der Waals surface area (Å²) < 4.78 is 4.87. The molecule has 4 rings (SSSR count). The molecular weight excluding hydrogens is 248 g/mol. The van der Waals surface area contributed by atoms with Gasteiger partial charge in [0.15, 0.2) is 0 Å². The Balaban J connectivity index is 2.09. The molecule has 82 valence electrons. The van der Waals surface area contributed by atoms with E-state index in [9.17, 15) is 0 Å². The third-order valence-corrected chi connectivity index (χ3v) is 4.87. The Morgan fingerprint density at radius 2 is 2.00 bits per heavy atom. The third-order valence-electron chi connectivity index (χ3n) is 2.87. The number of benzene rings is 1. The Morgan fingerprint density at radius 3 is 3.00 bits per heavy atom. The number of nitrogens with zero attached hydrogens (tertiary/aromatic N) is 2. The van der Waals surface area contributed by atoms with Gasteiger partial charge in [0.2, 0.25) is 0 Å². The summed E-state index contributed by atoms with van der Waals surface area (Å²) in [6.07, 6.45) is 1.91. The Labute approximate surface area is 106 Å². The van der Waals surface area contributed by atoms with E-state index >= 15 is 0 Å². The van der Waals surface area contributed by atoms with Crippen LogP contribution < -0.4 is 0 Å². The Hall–Kier alpha value is -1.65. The van der Waals surface area contributed by atoms with Gasteiger partial charge in [-0.25, -0.2) is 4.98 Å². The van der Waals surface area contributed by atoms with Gasteiger partial charge in [0.05, 0.1) is 21.4 Å².